The van der Waals surface area contributed by atoms with Gasteiger partial charge in [-0.2, -0.15) is 0 Å². The van der Waals surface area contributed by atoms with Crippen LogP contribution in [0.4, 0.5) is 8.78 Å². The molecule has 1 aliphatic carbocycles. The number of rotatable bonds is 2. The molecule has 0 amide bonds. The van der Waals surface area contributed by atoms with Gasteiger partial charge in [0.05, 0.1) is 9.85 Å². The van der Waals surface area contributed by atoms with E-state index in [0.717, 1.165) is 37.7 Å². The lowest BCUT2D eigenvalue weighted by atomic mass is 9.80. The second kappa shape index (κ2) is 5.87. The second-order valence-corrected chi connectivity index (χ2v) is 6.53. The topological polar surface area (TPSA) is 0 Å². The van der Waals surface area contributed by atoms with Gasteiger partial charge in [0, 0.05) is 5.56 Å². The molecule has 1 atom stereocenters. The quantitative estimate of drug-likeness (QED) is 0.470. The van der Waals surface area contributed by atoms with E-state index in [4.69, 9.17) is 11.6 Å². The van der Waals surface area contributed by atoms with Crippen molar-refractivity contribution in [3.63, 3.8) is 0 Å². The molecule has 0 aromatic heterocycles. The number of benzene rings is 1. The van der Waals surface area contributed by atoms with Crippen molar-refractivity contribution in [1.82, 2.24) is 0 Å². The second-order valence-electron chi connectivity index (χ2n) is 5.21. The Balaban J connectivity index is 2.18. The molecule has 1 saturated carbocycles. The first-order chi connectivity index (χ1) is 8.49. The summed E-state index contributed by atoms with van der Waals surface area (Å²) >= 11 is 9.32. The van der Waals surface area contributed by atoms with Crippen molar-refractivity contribution in [2.45, 2.75) is 38.0 Å². The number of halogens is 4. The fourth-order valence-corrected chi connectivity index (χ4v) is 3.32. The van der Waals surface area contributed by atoms with Gasteiger partial charge in [0.15, 0.2) is 0 Å². The summed E-state index contributed by atoms with van der Waals surface area (Å²) in [5.41, 5.74) is 0.289. The predicted octanol–water partition coefficient (Wildman–Crippen LogP) is 5.83. The van der Waals surface area contributed by atoms with Gasteiger partial charge in [-0.1, -0.05) is 19.8 Å². The molecule has 0 aliphatic heterocycles. The SMILES string of the molecule is CC1CCC(C(Cl)c2cc(F)c(Br)cc2F)CC1. The molecule has 1 aliphatic rings. The normalized spacial score (nSPS) is 26.1. The molecular weight excluding hydrogens is 322 g/mol. The van der Waals surface area contributed by atoms with E-state index in [2.05, 4.69) is 22.9 Å². The summed E-state index contributed by atoms with van der Waals surface area (Å²) in [6, 6.07) is 2.38. The van der Waals surface area contributed by atoms with E-state index in [1.807, 2.05) is 0 Å². The first-order valence-electron chi connectivity index (χ1n) is 6.27. The molecule has 2 rings (SSSR count). The molecule has 4 heteroatoms. The van der Waals surface area contributed by atoms with Crippen LogP contribution in [0.15, 0.2) is 16.6 Å². The Bertz CT molecular complexity index is 428. The van der Waals surface area contributed by atoms with Crippen LogP contribution < -0.4 is 0 Å². The number of hydrogen-bond acceptors (Lipinski definition) is 0. The molecule has 1 fully saturated rings. The predicted molar refractivity (Wildman–Crippen MR) is 73.8 cm³/mol. The zero-order valence-electron chi connectivity index (χ0n) is 10.2. The van der Waals surface area contributed by atoms with Crippen molar-refractivity contribution in [3.05, 3.63) is 33.8 Å². The minimum atomic E-state index is -0.457. The molecule has 18 heavy (non-hydrogen) atoms. The van der Waals surface area contributed by atoms with Crippen molar-refractivity contribution < 1.29 is 8.78 Å². The van der Waals surface area contributed by atoms with Crippen LogP contribution in [0.3, 0.4) is 0 Å². The minimum absolute atomic E-state index is 0.143. The number of alkyl halides is 1. The van der Waals surface area contributed by atoms with Gasteiger partial charge in [0.2, 0.25) is 0 Å². The van der Waals surface area contributed by atoms with Crippen LogP contribution in [-0.2, 0) is 0 Å². The van der Waals surface area contributed by atoms with Crippen LogP contribution in [0.5, 0.6) is 0 Å². The lowest BCUT2D eigenvalue weighted by molar-refractivity contribution is 0.281. The molecular formula is C14H16BrClF2. The zero-order chi connectivity index (χ0) is 13.3. The van der Waals surface area contributed by atoms with Crippen molar-refractivity contribution in [2.24, 2.45) is 11.8 Å². The van der Waals surface area contributed by atoms with Gasteiger partial charge in [0.1, 0.15) is 11.6 Å². The Morgan fingerprint density at radius 2 is 1.78 bits per heavy atom. The summed E-state index contributed by atoms with van der Waals surface area (Å²) in [5.74, 6) is 0.0812. The maximum Gasteiger partial charge on any atom is 0.137 e. The summed E-state index contributed by atoms with van der Waals surface area (Å²) in [7, 11) is 0. The molecule has 0 heterocycles. The van der Waals surface area contributed by atoms with Gasteiger partial charge in [-0.15, -0.1) is 11.6 Å². The highest BCUT2D eigenvalue weighted by molar-refractivity contribution is 9.10. The molecule has 0 nitrogen and oxygen atoms in total. The molecule has 0 bridgehead atoms. The molecule has 1 unspecified atom stereocenters. The molecule has 1 aromatic carbocycles. The van der Waals surface area contributed by atoms with E-state index < -0.39 is 17.0 Å². The maximum atomic E-state index is 13.8. The summed E-state index contributed by atoms with van der Waals surface area (Å²) in [5, 5.41) is -0.430. The fourth-order valence-electron chi connectivity index (χ4n) is 2.58. The first-order valence-corrected chi connectivity index (χ1v) is 7.50. The summed E-state index contributed by atoms with van der Waals surface area (Å²) in [6.45, 7) is 2.22. The van der Waals surface area contributed by atoms with Crippen LogP contribution in [-0.4, -0.2) is 0 Å². The maximum absolute atomic E-state index is 13.8. The van der Waals surface area contributed by atoms with Crippen LogP contribution in [0.2, 0.25) is 0 Å². The summed E-state index contributed by atoms with van der Waals surface area (Å²) < 4.78 is 27.5. The van der Waals surface area contributed by atoms with Crippen LogP contribution in [0.25, 0.3) is 0 Å². The molecule has 0 radical (unpaired) electrons. The lowest BCUT2D eigenvalue weighted by Crippen LogP contribution is -2.17. The third-order valence-electron chi connectivity index (χ3n) is 3.81. The third-order valence-corrected chi connectivity index (χ3v) is 5.01. The van der Waals surface area contributed by atoms with E-state index in [1.165, 1.54) is 6.07 Å². The van der Waals surface area contributed by atoms with Crippen molar-refractivity contribution in [3.8, 4) is 0 Å². The fraction of sp³-hybridized carbons (Fsp3) is 0.571. The van der Waals surface area contributed by atoms with Gasteiger partial charge >= 0.3 is 0 Å². The van der Waals surface area contributed by atoms with Crippen LogP contribution in [0, 0.1) is 23.5 Å². The summed E-state index contributed by atoms with van der Waals surface area (Å²) in [6.07, 6.45) is 4.22. The zero-order valence-corrected chi connectivity index (χ0v) is 12.6. The van der Waals surface area contributed by atoms with E-state index in [-0.39, 0.29) is 16.0 Å². The molecule has 0 saturated heterocycles. The van der Waals surface area contributed by atoms with E-state index in [1.54, 1.807) is 0 Å². The lowest BCUT2D eigenvalue weighted by Gasteiger charge is -2.29. The van der Waals surface area contributed by atoms with E-state index >= 15 is 0 Å². The first kappa shape index (κ1) is 14.3. The molecule has 100 valence electrons. The van der Waals surface area contributed by atoms with E-state index in [0.29, 0.717) is 0 Å². The van der Waals surface area contributed by atoms with Crippen molar-refractivity contribution >= 4 is 27.5 Å². The van der Waals surface area contributed by atoms with Crippen molar-refractivity contribution in [1.29, 1.82) is 0 Å². The molecule has 0 N–H and O–H groups in total. The van der Waals surface area contributed by atoms with Gasteiger partial charge in [-0.25, -0.2) is 8.78 Å². The Morgan fingerprint density at radius 1 is 1.17 bits per heavy atom. The minimum Gasteiger partial charge on any atom is -0.207 e. The van der Waals surface area contributed by atoms with Crippen molar-refractivity contribution in [2.75, 3.05) is 0 Å². The Hall–Kier alpha value is -0.150. The summed E-state index contributed by atoms with van der Waals surface area (Å²) in [4.78, 5) is 0. The number of hydrogen-bond donors (Lipinski definition) is 0. The van der Waals surface area contributed by atoms with Gasteiger partial charge in [0.25, 0.3) is 0 Å². The molecule has 1 aromatic rings. The third kappa shape index (κ3) is 3.05. The Morgan fingerprint density at radius 3 is 2.39 bits per heavy atom. The van der Waals surface area contributed by atoms with Crippen LogP contribution in [0.1, 0.15) is 43.5 Å². The average molecular weight is 338 g/mol. The largest absolute Gasteiger partial charge is 0.207 e. The average Bonchev–Trinajstić information content (AvgIpc) is 2.34. The standard InChI is InChI=1S/C14H16BrClF2/c1-8-2-4-9(5-3-8)14(16)10-6-13(18)11(15)7-12(10)17/h6-9,14H,2-5H2,1H3. The Kier molecular flexibility index (Phi) is 4.65. The van der Waals surface area contributed by atoms with Gasteiger partial charge in [-0.3, -0.25) is 0 Å². The smallest absolute Gasteiger partial charge is 0.137 e. The van der Waals surface area contributed by atoms with E-state index in [9.17, 15) is 8.78 Å². The Labute approximate surface area is 120 Å². The monoisotopic (exact) mass is 336 g/mol. The van der Waals surface area contributed by atoms with Gasteiger partial charge in [-0.05, 0) is 52.7 Å². The van der Waals surface area contributed by atoms with Crippen LogP contribution >= 0.6 is 27.5 Å². The van der Waals surface area contributed by atoms with Gasteiger partial charge < -0.3 is 0 Å². The highest BCUT2D eigenvalue weighted by Gasteiger charge is 2.28. The molecule has 0 spiro atoms. The highest BCUT2D eigenvalue weighted by atomic mass is 79.9. The highest BCUT2D eigenvalue weighted by Crippen LogP contribution is 2.41.